The van der Waals surface area contributed by atoms with Gasteiger partial charge in [-0.3, -0.25) is 0 Å². The summed E-state index contributed by atoms with van der Waals surface area (Å²) < 4.78 is 5.16. The van der Waals surface area contributed by atoms with Gasteiger partial charge in [-0.05, 0) is 42.7 Å². The highest BCUT2D eigenvalue weighted by Gasteiger charge is 2.22. The Morgan fingerprint density at radius 1 is 1.19 bits per heavy atom. The van der Waals surface area contributed by atoms with Crippen molar-refractivity contribution in [2.45, 2.75) is 19.9 Å². The minimum atomic E-state index is -0.911. The number of hydrogen-bond acceptors (Lipinski definition) is 3. The van der Waals surface area contributed by atoms with Crippen LogP contribution in [0.3, 0.4) is 0 Å². The van der Waals surface area contributed by atoms with Crippen molar-refractivity contribution in [3.63, 3.8) is 0 Å². The first-order valence-corrected chi connectivity index (χ1v) is 6.72. The van der Waals surface area contributed by atoms with E-state index >= 15 is 0 Å². The lowest BCUT2D eigenvalue weighted by Gasteiger charge is -2.19. The smallest absolute Gasteiger partial charge is 0.330 e. The summed E-state index contributed by atoms with van der Waals surface area (Å²) in [5.41, 5.74) is 3.54. The van der Waals surface area contributed by atoms with Gasteiger partial charge < -0.3 is 15.2 Å². The Kier molecular flexibility index (Phi) is 4.48. The van der Waals surface area contributed by atoms with E-state index in [-0.39, 0.29) is 0 Å². The number of aliphatic carboxylic acids is 1. The fourth-order valence-corrected chi connectivity index (χ4v) is 2.24. The minimum absolute atomic E-state index is 0.685. The molecule has 0 saturated carbocycles. The largest absolute Gasteiger partial charge is 0.497 e. The molecule has 2 aromatic rings. The normalized spacial score (nSPS) is 11.8. The summed E-state index contributed by atoms with van der Waals surface area (Å²) in [4.78, 5) is 11.6. The predicted molar refractivity (Wildman–Crippen MR) is 82.9 cm³/mol. The van der Waals surface area contributed by atoms with Gasteiger partial charge in [0.05, 0.1) is 7.11 Å². The number of hydrogen-bond donors (Lipinski definition) is 2. The van der Waals surface area contributed by atoms with Gasteiger partial charge in [-0.15, -0.1) is 0 Å². The van der Waals surface area contributed by atoms with Crippen LogP contribution in [0.2, 0.25) is 0 Å². The lowest BCUT2D eigenvalue weighted by molar-refractivity contribution is -0.138. The van der Waals surface area contributed by atoms with Gasteiger partial charge in [-0.2, -0.15) is 0 Å². The number of benzene rings is 2. The third kappa shape index (κ3) is 3.34. The average molecular weight is 285 g/mol. The summed E-state index contributed by atoms with van der Waals surface area (Å²) in [5.74, 6) is -0.225. The third-order valence-corrected chi connectivity index (χ3v) is 3.59. The van der Waals surface area contributed by atoms with E-state index < -0.39 is 12.0 Å². The van der Waals surface area contributed by atoms with Gasteiger partial charge in [0.15, 0.2) is 6.04 Å². The number of aryl methyl sites for hydroxylation is 1. The van der Waals surface area contributed by atoms with Gasteiger partial charge in [-0.1, -0.05) is 24.3 Å². The number of nitrogens with one attached hydrogen (secondary N) is 1. The second-order valence-electron chi connectivity index (χ2n) is 4.94. The molecule has 0 aliphatic rings. The fourth-order valence-electron chi connectivity index (χ4n) is 2.24. The van der Waals surface area contributed by atoms with Gasteiger partial charge in [0.25, 0.3) is 0 Å². The van der Waals surface area contributed by atoms with Crippen molar-refractivity contribution in [2.75, 3.05) is 12.4 Å². The number of anilines is 1. The average Bonchev–Trinajstić information content (AvgIpc) is 2.48. The van der Waals surface area contributed by atoms with Crippen LogP contribution in [0.4, 0.5) is 5.69 Å². The first-order chi connectivity index (χ1) is 10.0. The van der Waals surface area contributed by atoms with Crippen molar-refractivity contribution in [1.82, 2.24) is 0 Å². The van der Waals surface area contributed by atoms with Crippen LogP contribution in [-0.2, 0) is 4.79 Å². The minimum Gasteiger partial charge on any atom is -0.497 e. The molecule has 0 heterocycles. The molecule has 2 aromatic carbocycles. The van der Waals surface area contributed by atoms with Crippen LogP contribution in [0.1, 0.15) is 22.7 Å². The molecule has 0 fully saturated rings. The molecule has 0 amide bonds. The number of rotatable bonds is 5. The van der Waals surface area contributed by atoms with Gasteiger partial charge in [0, 0.05) is 11.8 Å². The summed E-state index contributed by atoms with van der Waals surface area (Å²) in [6.45, 7) is 3.91. The van der Waals surface area contributed by atoms with E-state index in [1.54, 1.807) is 13.2 Å². The standard InChI is InChI=1S/C17H19NO3/c1-11-6-4-9-15(12(11)2)16(17(19)20)18-13-7-5-8-14(10-13)21-3/h4-10,16,18H,1-3H3,(H,19,20). The maximum atomic E-state index is 11.6. The van der Waals surface area contributed by atoms with Gasteiger partial charge in [0.2, 0.25) is 0 Å². The summed E-state index contributed by atoms with van der Waals surface area (Å²) in [6, 6.07) is 12.1. The Morgan fingerprint density at radius 2 is 1.90 bits per heavy atom. The molecule has 0 aromatic heterocycles. The van der Waals surface area contributed by atoms with E-state index in [1.165, 1.54) is 0 Å². The van der Waals surface area contributed by atoms with Gasteiger partial charge >= 0.3 is 5.97 Å². The van der Waals surface area contributed by atoms with Gasteiger partial charge in [-0.25, -0.2) is 4.79 Å². The summed E-state index contributed by atoms with van der Waals surface area (Å²) in [5, 5.41) is 12.6. The number of carboxylic acids is 1. The maximum Gasteiger partial charge on any atom is 0.330 e. The molecular weight excluding hydrogens is 266 g/mol. The Bertz CT molecular complexity index is 652. The number of ether oxygens (including phenoxy) is 1. The molecule has 0 radical (unpaired) electrons. The van der Waals surface area contributed by atoms with E-state index in [9.17, 15) is 9.90 Å². The summed E-state index contributed by atoms with van der Waals surface area (Å²) in [7, 11) is 1.58. The molecule has 0 bridgehead atoms. The molecule has 21 heavy (non-hydrogen) atoms. The zero-order chi connectivity index (χ0) is 15.4. The molecule has 1 atom stereocenters. The number of methoxy groups -OCH3 is 1. The molecule has 2 rings (SSSR count). The lowest BCUT2D eigenvalue weighted by Crippen LogP contribution is -2.21. The first-order valence-electron chi connectivity index (χ1n) is 6.72. The molecule has 1 unspecified atom stereocenters. The van der Waals surface area contributed by atoms with Crippen molar-refractivity contribution in [1.29, 1.82) is 0 Å². The Labute approximate surface area is 124 Å². The molecule has 4 heteroatoms. The Hall–Kier alpha value is -2.49. The monoisotopic (exact) mass is 285 g/mol. The predicted octanol–water partition coefficient (Wildman–Crippen LogP) is 3.55. The zero-order valence-corrected chi connectivity index (χ0v) is 12.4. The molecule has 4 nitrogen and oxygen atoms in total. The zero-order valence-electron chi connectivity index (χ0n) is 12.4. The molecule has 0 aliphatic heterocycles. The quantitative estimate of drug-likeness (QED) is 0.882. The highest BCUT2D eigenvalue weighted by Crippen LogP contribution is 2.26. The highest BCUT2D eigenvalue weighted by atomic mass is 16.5. The molecule has 0 aliphatic carbocycles. The van der Waals surface area contributed by atoms with Crippen molar-refractivity contribution in [3.8, 4) is 5.75 Å². The molecular formula is C17H19NO3. The van der Waals surface area contributed by atoms with Crippen LogP contribution in [-0.4, -0.2) is 18.2 Å². The van der Waals surface area contributed by atoms with E-state index in [4.69, 9.17) is 4.74 Å². The molecule has 110 valence electrons. The van der Waals surface area contributed by atoms with E-state index in [0.29, 0.717) is 11.4 Å². The van der Waals surface area contributed by atoms with Crippen molar-refractivity contribution >= 4 is 11.7 Å². The van der Waals surface area contributed by atoms with Crippen LogP contribution in [0.15, 0.2) is 42.5 Å². The van der Waals surface area contributed by atoms with E-state index in [0.717, 1.165) is 16.7 Å². The second-order valence-corrected chi connectivity index (χ2v) is 4.94. The number of carbonyl (C=O) groups is 1. The fraction of sp³-hybridized carbons (Fsp3) is 0.235. The molecule has 2 N–H and O–H groups in total. The van der Waals surface area contributed by atoms with Crippen molar-refractivity contribution in [2.24, 2.45) is 0 Å². The highest BCUT2D eigenvalue weighted by molar-refractivity contribution is 5.80. The Balaban J connectivity index is 2.35. The van der Waals surface area contributed by atoms with Crippen molar-refractivity contribution < 1.29 is 14.6 Å². The second kappa shape index (κ2) is 6.31. The SMILES string of the molecule is COc1cccc(NC(C(=O)O)c2cccc(C)c2C)c1. The lowest BCUT2D eigenvalue weighted by atomic mass is 9.97. The maximum absolute atomic E-state index is 11.6. The van der Waals surface area contributed by atoms with E-state index in [2.05, 4.69) is 5.32 Å². The number of carboxylic acid groups (broad SMARTS) is 1. The topological polar surface area (TPSA) is 58.6 Å². The van der Waals surface area contributed by atoms with Crippen LogP contribution in [0, 0.1) is 13.8 Å². The van der Waals surface area contributed by atoms with Crippen LogP contribution < -0.4 is 10.1 Å². The third-order valence-electron chi connectivity index (χ3n) is 3.59. The van der Waals surface area contributed by atoms with Crippen LogP contribution >= 0.6 is 0 Å². The van der Waals surface area contributed by atoms with Crippen LogP contribution in [0.5, 0.6) is 5.75 Å². The summed E-state index contributed by atoms with van der Waals surface area (Å²) in [6.07, 6.45) is 0. The summed E-state index contributed by atoms with van der Waals surface area (Å²) >= 11 is 0. The van der Waals surface area contributed by atoms with Gasteiger partial charge in [0.1, 0.15) is 5.75 Å². The van der Waals surface area contributed by atoms with Crippen LogP contribution in [0.25, 0.3) is 0 Å². The Morgan fingerprint density at radius 3 is 2.57 bits per heavy atom. The molecule has 0 spiro atoms. The first kappa shape index (κ1) is 14.9. The van der Waals surface area contributed by atoms with Crippen molar-refractivity contribution in [3.05, 3.63) is 59.2 Å². The molecule has 0 saturated heterocycles. The van der Waals surface area contributed by atoms with E-state index in [1.807, 2.05) is 50.2 Å².